The third-order valence-electron chi connectivity index (χ3n) is 2.69. The maximum atomic E-state index is 11.9. The van der Waals surface area contributed by atoms with Crippen LogP contribution in [0.4, 0.5) is 0 Å². The summed E-state index contributed by atoms with van der Waals surface area (Å²) in [6, 6.07) is 0. The molecular weight excluding hydrogens is 274 g/mol. The van der Waals surface area contributed by atoms with E-state index >= 15 is 0 Å². The Morgan fingerprint density at radius 3 is 3.17 bits per heavy atom. The van der Waals surface area contributed by atoms with Gasteiger partial charge in [0, 0.05) is 31.7 Å². The van der Waals surface area contributed by atoms with E-state index in [4.69, 9.17) is 4.74 Å². The summed E-state index contributed by atoms with van der Waals surface area (Å²) in [5.74, 6) is 0.105. The van der Waals surface area contributed by atoms with Crippen LogP contribution in [-0.2, 0) is 16.1 Å². The summed E-state index contributed by atoms with van der Waals surface area (Å²) >= 11 is 1.57. The maximum absolute atomic E-state index is 11.9. The van der Waals surface area contributed by atoms with Crippen molar-refractivity contribution in [3.05, 3.63) is 16.6 Å². The maximum Gasteiger partial charge on any atom is 0.225 e. The van der Waals surface area contributed by atoms with Gasteiger partial charge in [0.05, 0.1) is 25.7 Å². The molecule has 1 fully saturated rings. The third-order valence-corrected chi connectivity index (χ3v) is 3.45. The first-order chi connectivity index (χ1) is 8.25. The number of thiazole rings is 1. The van der Waals surface area contributed by atoms with Gasteiger partial charge in [0.1, 0.15) is 5.01 Å². The lowest BCUT2D eigenvalue weighted by atomic mass is 10.2. The molecule has 1 aromatic heterocycles. The highest BCUT2D eigenvalue weighted by atomic mass is 35.5. The van der Waals surface area contributed by atoms with Crippen LogP contribution in [-0.4, -0.2) is 48.6 Å². The third kappa shape index (κ3) is 4.53. The summed E-state index contributed by atoms with van der Waals surface area (Å²) in [6.07, 6.45) is 2.21. The first-order valence-electron chi connectivity index (χ1n) is 5.70. The molecule has 1 aliphatic rings. The zero-order valence-corrected chi connectivity index (χ0v) is 11.9. The Kier molecular flexibility index (Phi) is 6.56. The van der Waals surface area contributed by atoms with Gasteiger partial charge in [-0.3, -0.25) is 4.79 Å². The predicted octanol–water partition coefficient (Wildman–Crippen LogP) is 0.902. The highest BCUT2D eigenvalue weighted by Gasteiger charge is 2.19. The number of hydrogen-bond acceptors (Lipinski definition) is 5. The summed E-state index contributed by atoms with van der Waals surface area (Å²) in [4.78, 5) is 17.8. The molecule has 18 heavy (non-hydrogen) atoms. The first-order valence-corrected chi connectivity index (χ1v) is 6.58. The van der Waals surface area contributed by atoms with E-state index in [1.165, 1.54) is 0 Å². The highest BCUT2D eigenvalue weighted by Crippen LogP contribution is 2.09. The van der Waals surface area contributed by atoms with Gasteiger partial charge < -0.3 is 15.0 Å². The minimum atomic E-state index is 0. The summed E-state index contributed by atoms with van der Waals surface area (Å²) in [7, 11) is 1.81. The topological polar surface area (TPSA) is 54.5 Å². The van der Waals surface area contributed by atoms with E-state index in [9.17, 15) is 4.79 Å². The Morgan fingerprint density at radius 2 is 2.56 bits per heavy atom. The summed E-state index contributed by atoms with van der Waals surface area (Å²) < 4.78 is 5.51. The molecular formula is C11H18ClN3O2S. The van der Waals surface area contributed by atoms with Gasteiger partial charge in [0.25, 0.3) is 0 Å². The van der Waals surface area contributed by atoms with Crippen LogP contribution in [0.3, 0.4) is 0 Å². The smallest absolute Gasteiger partial charge is 0.225 e. The lowest BCUT2D eigenvalue weighted by Crippen LogP contribution is -2.41. The van der Waals surface area contributed by atoms with Gasteiger partial charge >= 0.3 is 0 Å². The van der Waals surface area contributed by atoms with Crippen molar-refractivity contribution in [1.82, 2.24) is 15.2 Å². The van der Waals surface area contributed by atoms with E-state index < -0.39 is 0 Å². The van der Waals surface area contributed by atoms with Crippen molar-refractivity contribution in [2.24, 2.45) is 0 Å². The van der Waals surface area contributed by atoms with Crippen LogP contribution < -0.4 is 5.32 Å². The number of halogens is 1. The van der Waals surface area contributed by atoms with Gasteiger partial charge in [-0.05, 0) is 0 Å². The van der Waals surface area contributed by atoms with E-state index in [0.29, 0.717) is 19.6 Å². The fourth-order valence-corrected chi connectivity index (χ4v) is 2.39. The fourth-order valence-electron chi connectivity index (χ4n) is 1.72. The van der Waals surface area contributed by atoms with Gasteiger partial charge in [0.2, 0.25) is 5.91 Å². The lowest BCUT2D eigenvalue weighted by molar-refractivity contribution is -0.133. The molecule has 1 aromatic rings. The van der Waals surface area contributed by atoms with E-state index in [2.05, 4.69) is 10.3 Å². The summed E-state index contributed by atoms with van der Waals surface area (Å²) in [5, 5.41) is 6.10. The average Bonchev–Trinajstić information content (AvgIpc) is 2.83. The van der Waals surface area contributed by atoms with E-state index in [1.54, 1.807) is 29.5 Å². The number of nitrogens with zero attached hydrogens (tertiary/aromatic N) is 2. The van der Waals surface area contributed by atoms with Gasteiger partial charge in [-0.15, -0.1) is 23.7 Å². The van der Waals surface area contributed by atoms with E-state index in [1.807, 2.05) is 5.38 Å². The van der Waals surface area contributed by atoms with Crippen LogP contribution in [0.5, 0.6) is 0 Å². The molecule has 0 bridgehead atoms. The summed E-state index contributed by atoms with van der Waals surface area (Å²) in [5.41, 5.74) is 0. The number of morpholine rings is 1. The van der Waals surface area contributed by atoms with Gasteiger partial charge in [-0.1, -0.05) is 0 Å². The quantitative estimate of drug-likeness (QED) is 0.896. The molecule has 102 valence electrons. The molecule has 2 heterocycles. The second kappa shape index (κ2) is 7.68. The normalized spacial score (nSPS) is 19.1. The van der Waals surface area contributed by atoms with Crippen molar-refractivity contribution in [3.63, 3.8) is 0 Å². The van der Waals surface area contributed by atoms with Crippen LogP contribution in [0.1, 0.15) is 11.4 Å². The Balaban J connectivity index is 0.00000162. The minimum Gasteiger partial charge on any atom is -0.375 e. The lowest BCUT2D eigenvalue weighted by Gasteiger charge is -2.25. The van der Waals surface area contributed by atoms with Crippen molar-refractivity contribution in [2.75, 3.05) is 26.7 Å². The molecule has 0 spiro atoms. The van der Waals surface area contributed by atoms with Crippen molar-refractivity contribution in [3.8, 4) is 0 Å². The molecule has 1 unspecified atom stereocenters. The van der Waals surface area contributed by atoms with Crippen LogP contribution >= 0.6 is 23.7 Å². The molecule has 0 saturated carbocycles. The molecule has 0 aromatic carbocycles. The van der Waals surface area contributed by atoms with E-state index in [-0.39, 0.29) is 24.4 Å². The number of ether oxygens (including phenoxy) is 1. The SMILES string of the molecule is CN(Cc1nccs1)C(=O)CC1CNCCO1.Cl. The fraction of sp³-hybridized carbons (Fsp3) is 0.636. The molecule has 1 atom stereocenters. The number of carbonyl (C=O) groups is 1. The second-order valence-corrected chi connectivity index (χ2v) is 5.06. The van der Waals surface area contributed by atoms with Crippen molar-refractivity contribution in [2.45, 2.75) is 19.1 Å². The number of carbonyl (C=O) groups excluding carboxylic acids is 1. The number of nitrogens with one attached hydrogen (secondary N) is 1. The molecule has 1 saturated heterocycles. The monoisotopic (exact) mass is 291 g/mol. The van der Waals surface area contributed by atoms with Gasteiger partial charge in [-0.25, -0.2) is 4.98 Å². The standard InChI is InChI=1S/C11H17N3O2S.ClH/c1-14(8-10-13-3-5-17-10)11(15)6-9-7-12-2-4-16-9;/h3,5,9,12H,2,4,6-8H2,1H3;1H. The van der Waals surface area contributed by atoms with Gasteiger partial charge in [0.15, 0.2) is 0 Å². The molecule has 7 heteroatoms. The number of rotatable bonds is 4. The van der Waals surface area contributed by atoms with Crippen LogP contribution in [0, 0.1) is 0 Å². The van der Waals surface area contributed by atoms with Gasteiger partial charge in [-0.2, -0.15) is 0 Å². The zero-order valence-electron chi connectivity index (χ0n) is 10.3. The van der Waals surface area contributed by atoms with E-state index in [0.717, 1.165) is 18.1 Å². The molecule has 5 nitrogen and oxygen atoms in total. The van der Waals surface area contributed by atoms with Crippen LogP contribution in [0.2, 0.25) is 0 Å². The number of hydrogen-bond donors (Lipinski definition) is 1. The Labute approximate surface area is 117 Å². The first kappa shape index (κ1) is 15.4. The molecule has 0 radical (unpaired) electrons. The second-order valence-electron chi connectivity index (χ2n) is 4.08. The molecule has 1 N–H and O–H groups in total. The average molecular weight is 292 g/mol. The minimum absolute atomic E-state index is 0. The van der Waals surface area contributed by atoms with Crippen molar-refractivity contribution >= 4 is 29.7 Å². The van der Waals surface area contributed by atoms with Crippen LogP contribution in [0.15, 0.2) is 11.6 Å². The zero-order chi connectivity index (χ0) is 12.1. The molecule has 1 aliphatic heterocycles. The number of aromatic nitrogens is 1. The van der Waals surface area contributed by atoms with Crippen molar-refractivity contribution in [1.29, 1.82) is 0 Å². The van der Waals surface area contributed by atoms with Crippen molar-refractivity contribution < 1.29 is 9.53 Å². The Hall–Kier alpha value is -0.690. The highest BCUT2D eigenvalue weighted by molar-refractivity contribution is 7.09. The Bertz CT molecular complexity index is 355. The van der Waals surface area contributed by atoms with Crippen LogP contribution in [0.25, 0.3) is 0 Å². The predicted molar refractivity (Wildman–Crippen MR) is 73.1 cm³/mol. The number of amides is 1. The molecule has 2 rings (SSSR count). The molecule has 0 aliphatic carbocycles. The largest absolute Gasteiger partial charge is 0.375 e. The summed E-state index contributed by atoms with van der Waals surface area (Å²) in [6.45, 7) is 2.90. The molecule has 1 amide bonds. The Morgan fingerprint density at radius 1 is 1.72 bits per heavy atom.